The summed E-state index contributed by atoms with van der Waals surface area (Å²) in [4.78, 5) is 17.7. The number of para-hydroxylation sites is 1. The largest absolute Gasteiger partial charge is 0.457 e. The number of carbonyl (C=O) groups is 1. The first-order chi connectivity index (χ1) is 16.2. The lowest BCUT2D eigenvalue weighted by atomic mass is 10.1. The molecule has 1 fully saturated rings. The first kappa shape index (κ1) is 23.5. The molecular formula is C27H29BrN2O3. The predicted octanol–water partition coefficient (Wildman–Crippen LogP) is 5.61. The molecule has 4 rings (SSSR count). The maximum atomic E-state index is 13.4. The number of morpholine rings is 1. The van der Waals surface area contributed by atoms with Gasteiger partial charge in [0.25, 0.3) is 5.91 Å². The Balaban J connectivity index is 1.46. The molecule has 0 atom stereocenters. The Kier molecular flexibility index (Phi) is 8.53. The van der Waals surface area contributed by atoms with Gasteiger partial charge in [-0.15, -0.1) is 0 Å². The molecular weight excluding hydrogens is 480 g/mol. The van der Waals surface area contributed by atoms with Gasteiger partial charge in [-0.1, -0.05) is 52.3 Å². The van der Waals surface area contributed by atoms with Crippen LogP contribution >= 0.6 is 15.9 Å². The molecule has 1 aliphatic heterocycles. The van der Waals surface area contributed by atoms with Crippen molar-refractivity contribution < 1.29 is 14.3 Å². The molecule has 1 amide bonds. The molecule has 0 saturated carbocycles. The van der Waals surface area contributed by atoms with E-state index >= 15 is 0 Å². The van der Waals surface area contributed by atoms with Crippen molar-refractivity contribution in [3.05, 3.63) is 94.5 Å². The Labute approximate surface area is 204 Å². The van der Waals surface area contributed by atoms with Crippen molar-refractivity contribution in [1.82, 2.24) is 9.80 Å². The van der Waals surface area contributed by atoms with Gasteiger partial charge in [0, 0.05) is 42.8 Å². The number of halogens is 1. The van der Waals surface area contributed by atoms with Crippen molar-refractivity contribution in [3.8, 4) is 11.5 Å². The van der Waals surface area contributed by atoms with E-state index in [-0.39, 0.29) is 5.91 Å². The van der Waals surface area contributed by atoms with E-state index in [1.165, 1.54) is 0 Å². The van der Waals surface area contributed by atoms with Crippen LogP contribution in [0.4, 0.5) is 0 Å². The summed E-state index contributed by atoms with van der Waals surface area (Å²) >= 11 is 3.49. The van der Waals surface area contributed by atoms with Crippen LogP contribution in [0.25, 0.3) is 0 Å². The average molecular weight is 509 g/mol. The van der Waals surface area contributed by atoms with Gasteiger partial charge in [-0.2, -0.15) is 0 Å². The van der Waals surface area contributed by atoms with E-state index in [4.69, 9.17) is 9.47 Å². The van der Waals surface area contributed by atoms with Crippen molar-refractivity contribution in [1.29, 1.82) is 0 Å². The molecule has 3 aromatic carbocycles. The van der Waals surface area contributed by atoms with Gasteiger partial charge < -0.3 is 14.4 Å². The van der Waals surface area contributed by atoms with E-state index in [0.29, 0.717) is 18.7 Å². The molecule has 0 bridgehead atoms. The van der Waals surface area contributed by atoms with E-state index in [1.54, 1.807) is 0 Å². The number of hydrogen-bond acceptors (Lipinski definition) is 4. The van der Waals surface area contributed by atoms with Crippen LogP contribution in [0.2, 0.25) is 0 Å². The van der Waals surface area contributed by atoms with E-state index in [9.17, 15) is 4.79 Å². The quantitative estimate of drug-likeness (QED) is 0.376. The third-order valence-corrected chi connectivity index (χ3v) is 6.11. The lowest BCUT2D eigenvalue weighted by molar-refractivity contribution is 0.0355. The summed E-state index contributed by atoms with van der Waals surface area (Å²) < 4.78 is 12.3. The number of nitrogens with zero attached hydrogens (tertiary/aromatic N) is 2. The molecule has 3 aromatic rings. The van der Waals surface area contributed by atoms with Gasteiger partial charge in [-0.05, 0) is 54.4 Å². The third kappa shape index (κ3) is 7.16. The molecule has 1 aliphatic rings. The monoisotopic (exact) mass is 508 g/mol. The summed E-state index contributed by atoms with van der Waals surface area (Å²) in [6, 6.07) is 25.3. The standard InChI is InChI=1S/C27H29BrN2O3/c28-24-9-5-8-23(20-24)27(31)30(14-6-13-29-15-17-32-18-16-29)21-22-7-4-12-26(19-22)33-25-10-2-1-3-11-25/h1-5,7-12,19-20H,6,13-18,21H2. The number of amides is 1. The van der Waals surface area contributed by atoms with Gasteiger partial charge in [0.2, 0.25) is 0 Å². The molecule has 5 nitrogen and oxygen atoms in total. The van der Waals surface area contributed by atoms with E-state index in [0.717, 1.165) is 60.8 Å². The van der Waals surface area contributed by atoms with Gasteiger partial charge in [-0.25, -0.2) is 0 Å². The van der Waals surface area contributed by atoms with E-state index in [2.05, 4.69) is 20.8 Å². The minimum atomic E-state index is 0.0349. The number of benzene rings is 3. The van der Waals surface area contributed by atoms with Gasteiger partial charge >= 0.3 is 0 Å². The highest BCUT2D eigenvalue weighted by atomic mass is 79.9. The lowest BCUT2D eigenvalue weighted by Crippen LogP contribution is -2.39. The maximum absolute atomic E-state index is 13.4. The zero-order valence-electron chi connectivity index (χ0n) is 18.7. The van der Waals surface area contributed by atoms with Crippen LogP contribution in [0.3, 0.4) is 0 Å². The lowest BCUT2D eigenvalue weighted by Gasteiger charge is -2.28. The smallest absolute Gasteiger partial charge is 0.254 e. The zero-order chi connectivity index (χ0) is 22.9. The van der Waals surface area contributed by atoms with E-state index < -0.39 is 0 Å². The van der Waals surface area contributed by atoms with Crippen LogP contribution in [-0.4, -0.2) is 55.1 Å². The summed E-state index contributed by atoms with van der Waals surface area (Å²) in [5, 5.41) is 0. The molecule has 0 aromatic heterocycles. The van der Waals surface area contributed by atoms with Crippen LogP contribution in [0.1, 0.15) is 22.3 Å². The average Bonchev–Trinajstić information content (AvgIpc) is 2.84. The Bertz CT molecular complexity index is 1040. The molecule has 1 saturated heterocycles. The SMILES string of the molecule is O=C(c1cccc(Br)c1)N(CCCN1CCOCC1)Cc1cccc(Oc2ccccc2)c1. The fourth-order valence-corrected chi connectivity index (χ4v) is 4.32. The number of hydrogen-bond donors (Lipinski definition) is 0. The second-order valence-corrected chi connectivity index (χ2v) is 9.02. The zero-order valence-corrected chi connectivity index (χ0v) is 20.2. The van der Waals surface area contributed by atoms with Crippen molar-refractivity contribution in [2.45, 2.75) is 13.0 Å². The molecule has 0 unspecified atom stereocenters. The highest BCUT2D eigenvalue weighted by molar-refractivity contribution is 9.10. The number of ether oxygens (including phenoxy) is 2. The molecule has 6 heteroatoms. The van der Waals surface area contributed by atoms with Crippen LogP contribution in [0.15, 0.2) is 83.3 Å². The molecule has 1 heterocycles. The van der Waals surface area contributed by atoms with Crippen molar-refractivity contribution in [3.63, 3.8) is 0 Å². The third-order valence-electron chi connectivity index (χ3n) is 5.62. The Morgan fingerprint density at radius 1 is 0.939 bits per heavy atom. The Morgan fingerprint density at radius 2 is 1.70 bits per heavy atom. The van der Waals surface area contributed by atoms with Gasteiger partial charge in [0.1, 0.15) is 11.5 Å². The Hall–Kier alpha value is -2.67. The van der Waals surface area contributed by atoms with Crippen LogP contribution in [0.5, 0.6) is 11.5 Å². The molecule has 0 spiro atoms. The maximum Gasteiger partial charge on any atom is 0.254 e. The minimum absolute atomic E-state index is 0.0349. The molecule has 172 valence electrons. The van der Waals surface area contributed by atoms with Crippen LogP contribution in [0, 0.1) is 0 Å². The normalized spacial score (nSPS) is 14.1. The fraction of sp³-hybridized carbons (Fsp3) is 0.296. The summed E-state index contributed by atoms with van der Waals surface area (Å²) in [6.07, 6.45) is 0.917. The molecule has 0 radical (unpaired) electrons. The number of carbonyl (C=O) groups excluding carboxylic acids is 1. The van der Waals surface area contributed by atoms with Gasteiger partial charge in [-0.3, -0.25) is 9.69 Å². The number of rotatable bonds is 9. The molecule has 0 aliphatic carbocycles. The van der Waals surface area contributed by atoms with Crippen LogP contribution in [-0.2, 0) is 11.3 Å². The first-order valence-corrected chi connectivity index (χ1v) is 12.1. The fourth-order valence-electron chi connectivity index (χ4n) is 3.92. The van der Waals surface area contributed by atoms with E-state index in [1.807, 2.05) is 83.8 Å². The van der Waals surface area contributed by atoms with Crippen molar-refractivity contribution in [2.24, 2.45) is 0 Å². The minimum Gasteiger partial charge on any atom is -0.457 e. The summed E-state index contributed by atoms with van der Waals surface area (Å²) in [5.74, 6) is 1.59. The summed E-state index contributed by atoms with van der Waals surface area (Å²) in [7, 11) is 0. The highest BCUT2D eigenvalue weighted by Gasteiger charge is 2.18. The molecule has 33 heavy (non-hydrogen) atoms. The Morgan fingerprint density at radius 3 is 2.48 bits per heavy atom. The predicted molar refractivity (Wildman–Crippen MR) is 134 cm³/mol. The van der Waals surface area contributed by atoms with Crippen molar-refractivity contribution >= 4 is 21.8 Å². The van der Waals surface area contributed by atoms with Gasteiger partial charge in [0.05, 0.1) is 13.2 Å². The van der Waals surface area contributed by atoms with Crippen molar-refractivity contribution in [2.75, 3.05) is 39.4 Å². The topological polar surface area (TPSA) is 42.0 Å². The summed E-state index contributed by atoms with van der Waals surface area (Å²) in [5.41, 5.74) is 1.73. The molecule has 0 N–H and O–H groups in total. The first-order valence-electron chi connectivity index (χ1n) is 11.3. The second-order valence-electron chi connectivity index (χ2n) is 8.11. The second kappa shape index (κ2) is 12.0. The van der Waals surface area contributed by atoms with Gasteiger partial charge in [0.15, 0.2) is 0 Å². The van der Waals surface area contributed by atoms with Crippen LogP contribution < -0.4 is 4.74 Å². The highest BCUT2D eigenvalue weighted by Crippen LogP contribution is 2.23. The summed E-state index contributed by atoms with van der Waals surface area (Å²) in [6.45, 7) is 5.66.